The Morgan fingerprint density at radius 1 is 1.07 bits per heavy atom. The van der Waals surface area contributed by atoms with Crippen LogP contribution in [0.15, 0.2) is 50.9 Å². The standard InChI is InChI=1S/C21H16Br2O6/c1-11(24)28-20-17(27-3)9-13(18(22)19(20)23)8-14-10-16(29-21(14)25)12-4-6-15(26-2)7-5-12/h4-10H,1-3H3/b14-8+. The maximum Gasteiger partial charge on any atom is 0.343 e. The van der Waals surface area contributed by atoms with Gasteiger partial charge < -0.3 is 18.9 Å². The Morgan fingerprint density at radius 2 is 1.76 bits per heavy atom. The number of carbonyl (C=O) groups excluding carboxylic acids is 2. The van der Waals surface area contributed by atoms with Crippen LogP contribution in [0.4, 0.5) is 0 Å². The van der Waals surface area contributed by atoms with Crippen LogP contribution in [0.3, 0.4) is 0 Å². The average molecular weight is 524 g/mol. The van der Waals surface area contributed by atoms with Gasteiger partial charge in [0.15, 0.2) is 11.5 Å². The zero-order valence-electron chi connectivity index (χ0n) is 15.7. The molecule has 0 amide bonds. The first kappa shape index (κ1) is 21.1. The van der Waals surface area contributed by atoms with Gasteiger partial charge in [-0.1, -0.05) is 0 Å². The molecule has 2 aromatic carbocycles. The highest BCUT2D eigenvalue weighted by Crippen LogP contribution is 2.44. The molecule has 0 aromatic heterocycles. The largest absolute Gasteiger partial charge is 0.497 e. The van der Waals surface area contributed by atoms with Gasteiger partial charge in [-0.05, 0) is 79.9 Å². The average Bonchev–Trinajstić information content (AvgIpc) is 3.07. The quantitative estimate of drug-likeness (QED) is 0.307. The Labute approximate surface area is 184 Å². The van der Waals surface area contributed by atoms with Gasteiger partial charge in [0, 0.05) is 17.0 Å². The van der Waals surface area contributed by atoms with Crippen molar-refractivity contribution in [2.75, 3.05) is 14.2 Å². The predicted octanol–water partition coefficient (Wildman–Crippen LogP) is 5.14. The molecule has 3 rings (SSSR count). The fourth-order valence-corrected chi connectivity index (χ4v) is 3.57. The lowest BCUT2D eigenvalue weighted by Gasteiger charge is -2.13. The van der Waals surface area contributed by atoms with Gasteiger partial charge in [0.25, 0.3) is 0 Å². The van der Waals surface area contributed by atoms with Crippen molar-refractivity contribution in [2.24, 2.45) is 0 Å². The summed E-state index contributed by atoms with van der Waals surface area (Å²) in [5.41, 5.74) is 1.76. The molecule has 2 aromatic rings. The van der Waals surface area contributed by atoms with Crippen molar-refractivity contribution in [3.05, 3.63) is 62.1 Å². The number of hydrogen-bond donors (Lipinski definition) is 0. The number of esters is 2. The van der Waals surface area contributed by atoms with E-state index in [9.17, 15) is 9.59 Å². The Morgan fingerprint density at radius 3 is 2.34 bits per heavy atom. The molecule has 6 nitrogen and oxygen atoms in total. The lowest BCUT2D eigenvalue weighted by Crippen LogP contribution is -2.04. The van der Waals surface area contributed by atoms with Crippen LogP contribution in [0.2, 0.25) is 0 Å². The van der Waals surface area contributed by atoms with E-state index in [4.69, 9.17) is 18.9 Å². The summed E-state index contributed by atoms with van der Waals surface area (Å²) in [6, 6.07) is 8.86. The van der Waals surface area contributed by atoms with Crippen LogP contribution < -0.4 is 14.2 Å². The Hall–Kier alpha value is -2.58. The van der Waals surface area contributed by atoms with Gasteiger partial charge in [-0.3, -0.25) is 4.79 Å². The number of carbonyl (C=O) groups is 2. The Bertz CT molecular complexity index is 1040. The van der Waals surface area contributed by atoms with Crippen molar-refractivity contribution < 1.29 is 28.5 Å². The van der Waals surface area contributed by atoms with Crippen LogP contribution in [0.25, 0.3) is 11.8 Å². The van der Waals surface area contributed by atoms with E-state index < -0.39 is 11.9 Å². The first-order valence-electron chi connectivity index (χ1n) is 8.38. The van der Waals surface area contributed by atoms with Crippen molar-refractivity contribution in [1.29, 1.82) is 0 Å². The highest BCUT2D eigenvalue weighted by Gasteiger charge is 2.24. The van der Waals surface area contributed by atoms with Crippen molar-refractivity contribution in [3.8, 4) is 17.2 Å². The van der Waals surface area contributed by atoms with E-state index in [2.05, 4.69) is 31.9 Å². The summed E-state index contributed by atoms with van der Waals surface area (Å²) < 4.78 is 22.2. The van der Waals surface area contributed by atoms with Crippen LogP contribution in [-0.2, 0) is 14.3 Å². The lowest BCUT2D eigenvalue weighted by atomic mass is 10.1. The molecule has 0 unspecified atom stereocenters. The lowest BCUT2D eigenvalue weighted by molar-refractivity contribution is -0.132. The second kappa shape index (κ2) is 8.84. The number of halogens is 2. The Balaban J connectivity index is 2.00. The van der Waals surface area contributed by atoms with Gasteiger partial charge in [0.05, 0.1) is 24.3 Å². The summed E-state index contributed by atoms with van der Waals surface area (Å²) in [5, 5.41) is 0. The van der Waals surface area contributed by atoms with Gasteiger partial charge >= 0.3 is 11.9 Å². The highest BCUT2D eigenvalue weighted by molar-refractivity contribution is 9.13. The number of benzene rings is 2. The second-order valence-corrected chi connectivity index (χ2v) is 7.53. The fourth-order valence-electron chi connectivity index (χ4n) is 2.65. The van der Waals surface area contributed by atoms with Crippen LogP contribution in [0.5, 0.6) is 17.2 Å². The monoisotopic (exact) mass is 522 g/mol. The van der Waals surface area contributed by atoms with Crippen LogP contribution in [0.1, 0.15) is 18.1 Å². The molecule has 0 saturated heterocycles. The number of methoxy groups -OCH3 is 2. The molecule has 0 fully saturated rings. The molecule has 0 bridgehead atoms. The first-order valence-corrected chi connectivity index (χ1v) is 9.97. The minimum Gasteiger partial charge on any atom is -0.497 e. The van der Waals surface area contributed by atoms with E-state index in [1.807, 2.05) is 12.1 Å². The number of hydrogen-bond acceptors (Lipinski definition) is 6. The van der Waals surface area contributed by atoms with Crippen LogP contribution in [0, 0.1) is 0 Å². The molecule has 0 saturated carbocycles. The zero-order chi connectivity index (χ0) is 21.1. The van der Waals surface area contributed by atoms with Gasteiger partial charge in [-0.25, -0.2) is 4.79 Å². The topological polar surface area (TPSA) is 71.1 Å². The van der Waals surface area contributed by atoms with E-state index in [1.54, 1.807) is 37.5 Å². The highest BCUT2D eigenvalue weighted by atomic mass is 79.9. The number of cyclic esters (lactones) is 1. The van der Waals surface area contributed by atoms with E-state index in [0.717, 1.165) is 5.56 Å². The minimum atomic E-state index is -0.478. The third kappa shape index (κ3) is 4.54. The maximum absolute atomic E-state index is 12.4. The molecule has 29 heavy (non-hydrogen) atoms. The molecule has 150 valence electrons. The summed E-state index contributed by atoms with van der Waals surface area (Å²) in [6.07, 6.45) is 3.32. The molecular formula is C21H16Br2O6. The van der Waals surface area contributed by atoms with Gasteiger partial charge in [0.2, 0.25) is 0 Å². The molecule has 1 aliphatic heterocycles. The zero-order valence-corrected chi connectivity index (χ0v) is 18.9. The smallest absolute Gasteiger partial charge is 0.343 e. The minimum absolute atomic E-state index is 0.248. The molecule has 8 heteroatoms. The van der Waals surface area contributed by atoms with E-state index in [-0.39, 0.29) is 5.75 Å². The normalized spacial score (nSPS) is 14.4. The van der Waals surface area contributed by atoms with E-state index in [1.165, 1.54) is 14.0 Å². The van der Waals surface area contributed by atoms with Crippen LogP contribution in [-0.4, -0.2) is 26.2 Å². The molecule has 1 aliphatic rings. The number of rotatable bonds is 5. The van der Waals surface area contributed by atoms with Crippen molar-refractivity contribution >= 4 is 55.6 Å². The van der Waals surface area contributed by atoms with E-state index >= 15 is 0 Å². The van der Waals surface area contributed by atoms with Gasteiger partial charge in [-0.2, -0.15) is 0 Å². The fraction of sp³-hybridized carbons (Fsp3) is 0.143. The summed E-state index contributed by atoms with van der Waals surface area (Å²) in [5.74, 6) is 0.798. The predicted molar refractivity (Wildman–Crippen MR) is 115 cm³/mol. The maximum atomic E-state index is 12.4. The molecule has 0 spiro atoms. The summed E-state index contributed by atoms with van der Waals surface area (Å²) >= 11 is 6.86. The summed E-state index contributed by atoms with van der Waals surface area (Å²) in [7, 11) is 3.05. The molecule has 0 N–H and O–H groups in total. The molecular weight excluding hydrogens is 508 g/mol. The van der Waals surface area contributed by atoms with Crippen LogP contribution >= 0.6 is 31.9 Å². The van der Waals surface area contributed by atoms with Crippen molar-refractivity contribution in [1.82, 2.24) is 0 Å². The number of ether oxygens (including phenoxy) is 4. The molecule has 0 atom stereocenters. The second-order valence-electron chi connectivity index (χ2n) is 5.95. The summed E-state index contributed by atoms with van der Waals surface area (Å²) in [6.45, 7) is 1.30. The molecule has 0 aliphatic carbocycles. The van der Waals surface area contributed by atoms with Gasteiger partial charge in [-0.15, -0.1) is 0 Å². The Kier molecular flexibility index (Phi) is 6.44. The third-order valence-electron chi connectivity index (χ3n) is 4.03. The first-order chi connectivity index (χ1) is 13.8. The van der Waals surface area contributed by atoms with Gasteiger partial charge in [0.1, 0.15) is 11.5 Å². The summed E-state index contributed by atoms with van der Waals surface area (Å²) in [4.78, 5) is 23.7. The SMILES string of the molecule is COc1ccc(C2=C/C(=C\c3cc(OC)c(OC(C)=O)c(Br)c3Br)C(=O)O2)cc1. The van der Waals surface area contributed by atoms with E-state index in [0.29, 0.717) is 37.3 Å². The molecule has 1 heterocycles. The molecule has 0 radical (unpaired) electrons. The third-order valence-corrected chi connectivity index (χ3v) is 6.18. The van der Waals surface area contributed by atoms with Crippen molar-refractivity contribution in [3.63, 3.8) is 0 Å². The van der Waals surface area contributed by atoms with Crippen molar-refractivity contribution in [2.45, 2.75) is 6.92 Å².